The molecule has 2 aromatic carbocycles. The van der Waals surface area contributed by atoms with Crippen molar-refractivity contribution in [1.29, 1.82) is 0 Å². The van der Waals surface area contributed by atoms with Gasteiger partial charge < -0.3 is 19.4 Å². The third kappa shape index (κ3) is 17.6. The normalized spacial score (nSPS) is 12.4. The third-order valence-electron chi connectivity index (χ3n) is 9.35. The van der Waals surface area contributed by atoms with Crippen LogP contribution in [0.15, 0.2) is 47.5 Å². The van der Waals surface area contributed by atoms with Crippen LogP contribution in [-0.4, -0.2) is 4.70 Å². The third-order valence-corrected chi connectivity index (χ3v) is 9.35. The minimum Gasteiger partial charge on any atom is -0.493 e. The molecule has 0 spiro atoms. The zero-order chi connectivity index (χ0) is 37.1. The molecule has 1 heterocycles. The summed E-state index contributed by atoms with van der Waals surface area (Å²) in [6.07, 6.45) is 25.4. The van der Waals surface area contributed by atoms with E-state index in [4.69, 9.17) is 0 Å². The predicted molar refractivity (Wildman–Crippen MR) is 224 cm³/mol. The molecule has 0 N–H and O–H groups in total. The Labute approximate surface area is 328 Å². The van der Waals surface area contributed by atoms with E-state index in [1.165, 1.54) is 109 Å². The maximum Gasteiger partial charge on any atom is 2.00 e. The number of hydrogen-bond donors (Lipinski definition) is 0. The van der Waals surface area contributed by atoms with Crippen molar-refractivity contribution in [1.82, 2.24) is 0 Å². The molecule has 0 aliphatic carbocycles. The maximum atomic E-state index is 12.4. The van der Waals surface area contributed by atoms with E-state index in [1.54, 1.807) is 4.70 Å². The van der Waals surface area contributed by atoms with Crippen LogP contribution in [0.5, 0.6) is 0 Å². The van der Waals surface area contributed by atoms with Gasteiger partial charge in [0.25, 0.3) is 0 Å². The summed E-state index contributed by atoms with van der Waals surface area (Å²) in [6.45, 7) is 24.7. The molecule has 3 heteroatoms. The van der Waals surface area contributed by atoms with Gasteiger partial charge in [-0.2, -0.15) is 12.8 Å². The van der Waals surface area contributed by atoms with E-state index in [9.17, 15) is 5.53 Å². The Kier molecular flexibility index (Phi) is 29.3. The van der Waals surface area contributed by atoms with Crippen LogP contribution in [0.3, 0.4) is 0 Å². The fourth-order valence-electron chi connectivity index (χ4n) is 6.79. The van der Waals surface area contributed by atoms with Crippen molar-refractivity contribution in [2.24, 2.45) is 0 Å². The summed E-state index contributed by atoms with van der Waals surface area (Å²) in [5.41, 5.74) is 25.4. The molecule has 0 amide bonds. The van der Waals surface area contributed by atoms with E-state index in [0.29, 0.717) is 0 Å². The number of hydrogen-bond acceptors (Lipinski definition) is 0. The molecule has 51 heavy (non-hydrogen) atoms. The molecule has 2 aromatic rings. The molecule has 3 rings (SSSR count). The Morgan fingerprint density at radius 2 is 0.667 bits per heavy atom. The molecule has 0 aromatic heterocycles. The molecule has 0 atom stereocenters. The molecule has 0 bridgehead atoms. The van der Waals surface area contributed by atoms with Crippen molar-refractivity contribution in [2.45, 2.75) is 197 Å². The van der Waals surface area contributed by atoms with E-state index in [-0.39, 0.29) is 16.5 Å². The summed E-state index contributed by atoms with van der Waals surface area (Å²) >= 11 is 0. The first-order valence-corrected chi connectivity index (χ1v) is 21.1. The zero-order valence-electron chi connectivity index (χ0n) is 34.6. The van der Waals surface area contributed by atoms with Crippen LogP contribution in [-0.2, 0) is 42.2 Å². The smallest absolute Gasteiger partial charge is 0.493 e. The number of aryl methyl sites for hydroxylation is 4. The summed E-state index contributed by atoms with van der Waals surface area (Å²) in [5, 5.41) is 0. The summed E-state index contributed by atoms with van der Waals surface area (Å²) in [4.78, 5) is 0. The van der Waals surface area contributed by atoms with Gasteiger partial charge in [0.1, 0.15) is 0 Å². The number of unbranched alkanes of at least 4 members (excludes halogenated alkanes) is 8. The number of benzene rings is 2. The van der Waals surface area contributed by atoms with Crippen molar-refractivity contribution in [3.8, 4) is 0 Å². The fraction of sp³-hybridized carbons (Fsp3) is 0.625. The number of nitrogens with zero attached hydrogens (tertiary/aromatic N) is 2. The van der Waals surface area contributed by atoms with Crippen LogP contribution in [0.25, 0.3) is 16.9 Å². The fourth-order valence-corrected chi connectivity index (χ4v) is 6.79. The second-order valence-corrected chi connectivity index (χ2v) is 14.4. The van der Waals surface area contributed by atoms with Gasteiger partial charge in [0.2, 0.25) is 11.4 Å². The quantitative estimate of drug-likeness (QED) is 0.0497. The molecule has 0 unspecified atom stereocenters. The van der Waals surface area contributed by atoms with Gasteiger partial charge in [0.05, 0.1) is 0 Å². The second kappa shape index (κ2) is 30.5. The van der Waals surface area contributed by atoms with Gasteiger partial charge >= 0.3 is 16.5 Å². The Balaban J connectivity index is 0.00000333. The summed E-state index contributed by atoms with van der Waals surface area (Å²) in [5.74, 6) is 0. The molecule has 0 fully saturated rings. The molecule has 0 saturated carbocycles. The van der Waals surface area contributed by atoms with E-state index >= 15 is 0 Å². The van der Waals surface area contributed by atoms with Crippen LogP contribution >= 0.6 is 0 Å². The summed E-state index contributed by atoms with van der Waals surface area (Å²) < 4.78 is 1.64. The van der Waals surface area contributed by atoms with Gasteiger partial charge in [-0.1, -0.05) is 119 Å². The van der Waals surface area contributed by atoms with Crippen molar-refractivity contribution < 1.29 is 21.2 Å². The van der Waals surface area contributed by atoms with Crippen molar-refractivity contribution >= 4 is 11.4 Å². The Morgan fingerprint density at radius 1 is 0.412 bits per heavy atom. The molecule has 1 aliphatic heterocycles. The standard InChI is InChI=1S/C42H64N2.2C3H7.Ni/c1-7-13-19-23-35-28-36(24-20-14-8-2)32-38(31-35)42-40(26-18-12-6)39(25-17-11-5)41(44(42)43)37-29-33(21-15-9-3)27-34(30-37)22-16-10-4;2*1-3-2;/h27-32H,7-26H2,1-6H3;2*1,3H2,2H3;/q;2*-1;+2. The molecule has 1 aliphatic rings. The molecule has 290 valence electrons. The predicted octanol–water partition coefficient (Wildman–Crippen LogP) is 15.8. The Hall–Kier alpha value is -1.99. The van der Waals surface area contributed by atoms with Crippen LogP contribution in [0.4, 0.5) is 0 Å². The summed E-state index contributed by atoms with van der Waals surface area (Å²) in [6, 6.07) is 14.5. The van der Waals surface area contributed by atoms with Gasteiger partial charge in [-0.05, 0) is 124 Å². The molecular formula is C48H78N2Ni. The second-order valence-electron chi connectivity index (χ2n) is 14.4. The van der Waals surface area contributed by atoms with Crippen molar-refractivity contribution in [3.05, 3.63) is 100 Å². The average Bonchev–Trinajstić information content (AvgIpc) is 3.39. The maximum absolute atomic E-state index is 12.4. The minimum atomic E-state index is 0. The molecular weight excluding hydrogens is 663 g/mol. The number of rotatable bonds is 22. The topological polar surface area (TPSA) is 25.3 Å². The monoisotopic (exact) mass is 741 g/mol. The summed E-state index contributed by atoms with van der Waals surface area (Å²) in [7, 11) is 0. The van der Waals surface area contributed by atoms with Crippen molar-refractivity contribution in [2.75, 3.05) is 0 Å². The first-order valence-electron chi connectivity index (χ1n) is 21.1. The van der Waals surface area contributed by atoms with Crippen LogP contribution in [0.1, 0.15) is 204 Å². The zero-order valence-corrected chi connectivity index (χ0v) is 35.6. The van der Waals surface area contributed by atoms with Gasteiger partial charge in [0.15, 0.2) is 0 Å². The largest absolute Gasteiger partial charge is 2.00 e. The van der Waals surface area contributed by atoms with Gasteiger partial charge in [-0.25, -0.2) is 4.70 Å². The van der Waals surface area contributed by atoms with Crippen LogP contribution < -0.4 is 0 Å². The average molecular weight is 742 g/mol. The van der Waals surface area contributed by atoms with Gasteiger partial charge in [-0.3, -0.25) is 0 Å². The molecule has 2 nitrogen and oxygen atoms in total. The first-order chi connectivity index (χ1) is 24.3. The van der Waals surface area contributed by atoms with E-state index in [0.717, 1.165) is 88.4 Å². The van der Waals surface area contributed by atoms with Crippen molar-refractivity contribution in [3.63, 3.8) is 0 Å². The Bertz CT molecular complexity index is 1230. The van der Waals surface area contributed by atoms with E-state index in [2.05, 4.69) is 91.8 Å². The van der Waals surface area contributed by atoms with E-state index in [1.807, 2.05) is 13.8 Å². The first kappa shape index (κ1) is 49.0. The van der Waals surface area contributed by atoms with Crippen LogP contribution in [0, 0.1) is 13.8 Å². The SMILES string of the molecule is CCCCCc1cc(CCCCC)cc(C2=C(CCCC)C(CCCC)=C(c3cc(CCCC)cc(CCCC)c3)[N+]2=[N-])c1.[CH2-]CC.[CH2-]CC.[Ni+2]. The molecule has 0 saturated heterocycles. The van der Waals surface area contributed by atoms with E-state index < -0.39 is 0 Å². The Morgan fingerprint density at radius 3 is 0.941 bits per heavy atom. The molecule has 0 radical (unpaired) electrons. The van der Waals surface area contributed by atoms with Gasteiger partial charge in [-0.15, -0.1) is 0 Å². The number of allylic oxidation sites excluding steroid dienone is 2. The van der Waals surface area contributed by atoms with Crippen LogP contribution in [0.2, 0.25) is 0 Å². The van der Waals surface area contributed by atoms with Gasteiger partial charge in [0, 0.05) is 22.3 Å². The minimum absolute atomic E-state index is 0.